The molecule has 2 aromatic carbocycles. The first-order chi connectivity index (χ1) is 18.9. The molecular formula is C29H36BrN5O5. The molecule has 1 aliphatic carbocycles. The van der Waals surface area contributed by atoms with Gasteiger partial charge in [-0.3, -0.25) is 14.5 Å². The third kappa shape index (κ3) is 7.53. The highest BCUT2D eigenvalue weighted by atomic mass is 79.9. The Morgan fingerprint density at radius 3 is 2.33 bits per heavy atom. The molecule has 40 heavy (non-hydrogen) atoms. The van der Waals surface area contributed by atoms with Gasteiger partial charge in [-0.15, -0.1) is 0 Å². The molecule has 3 amide bonds. The van der Waals surface area contributed by atoms with Crippen LogP contribution in [0.15, 0.2) is 51.7 Å². The van der Waals surface area contributed by atoms with Crippen LogP contribution >= 0.6 is 15.9 Å². The van der Waals surface area contributed by atoms with Crippen molar-refractivity contribution >= 4 is 50.6 Å². The Hall–Kier alpha value is -3.60. The van der Waals surface area contributed by atoms with Gasteiger partial charge in [0.1, 0.15) is 11.6 Å². The number of nitrogens with zero attached hydrogens (tertiary/aromatic N) is 1. The van der Waals surface area contributed by atoms with Gasteiger partial charge < -0.3 is 25.8 Å². The molecule has 11 heteroatoms. The Kier molecular flexibility index (Phi) is 9.02. The fourth-order valence-electron chi connectivity index (χ4n) is 5.15. The van der Waals surface area contributed by atoms with Crippen molar-refractivity contribution < 1.29 is 19.1 Å². The molecule has 4 rings (SSSR count). The number of carbonyl (C=O) groups excluding carboxylic acids is 3. The highest BCUT2D eigenvalue weighted by molar-refractivity contribution is 9.10. The van der Waals surface area contributed by atoms with Crippen LogP contribution in [0.4, 0.5) is 10.5 Å². The number of primary amides is 1. The number of hydrogen-bond acceptors (Lipinski definition) is 5. The van der Waals surface area contributed by atoms with Crippen LogP contribution in [0, 0.1) is 11.8 Å². The first-order valence-corrected chi connectivity index (χ1v) is 14.2. The lowest BCUT2D eigenvalue weighted by Gasteiger charge is -2.35. The Morgan fingerprint density at radius 1 is 1.05 bits per heavy atom. The second kappa shape index (κ2) is 12.3. The minimum atomic E-state index is -0.927. The number of imidazole rings is 1. The van der Waals surface area contributed by atoms with Crippen molar-refractivity contribution in [2.75, 3.05) is 11.4 Å². The van der Waals surface area contributed by atoms with E-state index in [0.717, 1.165) is 22.9 Å². The molecule has 0 saturated heterocycles. The third-order valence-electron chi connectivity index (χ3n) is 7.13. The van der Waals surface area contributed by atoms with Crippen molar-refractivity contribution in [3.05, 3.63) is 63.0 Å². The number of aromatic nitrogens is 2. The lowest BCUT2D eigenvalue weighted by Crippen LogP contribution is -2.52. The number of alkyl carbamates (subject to hydrolysis) is 1. The molecule has 1 fully saturated rings. The Morgan fingerprint density at radius 2 is 1.70 bits per heavy atom. The largest absolute Gasteiger partial charge is 0.444 e. The van der Waals surface area contributed by atoms with Crippen LogP contribution < -0.4 is 21.6 Å². The zero-order valence-electron chi connectivity index (χ0n) is 23.0. The molecule has 0 bridgehead atoms. The van der Waals surface area contributed by atoms with Crippen LogP contribution in [0.2, 0.25) is 0 Å². The number of anilines is 1. The summed E-state index contributed by atoms with van der Waals surface area (Å²) in [4.78, 5) is 57.8. The number of carbonyl (C=O) groups is 3. The fraction of sp³-hybridized carbons (Fsp3) is 0.448. The maximum atomic E-state index is 14.1. The van der Waals surface area contributed by atoms with E-state index in [-0.39, 0.29) is 29.9 Å². The summed E-state index contributed by atoms with van der Waals surface area (Å²) < 4.78 is 6.23. The first-order valence-electron chi connectivity index (χ1n) is 13.5. The topological polar surface area (TPSA) is 150 Å². The molecule has 5 N–H and O–H groups in total. The van der Waals surface area contributed by atoms with Crippen LogP contribution in [0.25, 0.3) is 11.0 Å². The molecule has 1 aliphatic rings. The summed E-state index contributed by atoms with van der Waals surface area (Å²) in [5.74, 6) is -0.891. The zero-order chi connectivity index (χ0) is 29.0. The minimum absolute atomic E-state index is 0.184. The second-order valence-corrected chi connectivity index (χ2v) is 12.3. The van der Waals surface area contributed by atoms with E-state index in [0.29, 0.717) is 36.1 Å². The van der Waals surface area contributed by atoms with Crippen molar-refractivity contribution in [3.63, 3.8) is 0 Å². The van der Waals surface area contributed by atoms with Crippen LogP contribution in [-0.4, -0.2) is 46.1 Å². The Bertz CT molecular complexity index is 1420. The molecule has 214 valence electrons. The van der Waals surface area contributed by atoms with E-state index in [1.807, 2.05) is 45.0 Å². The summed E-state index contributed by atoms with van der Waals surface area (Å²) in [6, 6.07) is 11.7. The van der Waals surface area contributed by atoms with Crippen molar-refractivity contribution in [2.24, 2.45) is 17.6 Å². The van der Waals surface area contributed by atoms with Gasteiger partial charge in [-0.2, -0.15) is 0 Å². The molecule has 0 unspecified atom stereocenters. The molecule has 0 spiro atoms. The number of hydrogen-bond donors (Lipinski definition) is 4. The number of H-pyrrole nitrogens is 2. The van der Waals surface area contributed by atoms with Crippen LogP contribution in [-0.2, 0) is 20.7 Å². The maximum absolute atomic E-state index is 14.1. The van der Waals surface area contributed by atoms with E-state index in [4.69, 9.17) is 10.5 Å². The normalized spacial score (nSPS) is 18.2. The molecular weight excluding hydrogens is 578 g/mol. The van der Waals surface area contributed by atoms with E-state index < -0.39 is 23.6 Å². The smallest absolute Gasteiger partial charge is 0.407 e. The Balaban J connectivity index is 1.54. The summed E-state index contributed by atoms with van der Waals surface area (Å²) in [5.41, 5.74) is 7.47. The molecule has 1 atom stereocenters. The molecule has 1 heterocycles. The van der Waals surface area contributed by atoms with Gasteiger partial charge in [0.05, 0.1) is 11.0 Å². The molecule has 1 saturated carbocycles. The van der Waals surface area contributed by atoms with Gasteiger partial charge in [-0.1, -0.05) is 28.1 Å². The van der Waals surface area contributed by atoms with Crippen molar-refractivity contribution in [3.8, 4) is 0 Å². The Labute approximate surface area is 241 Å². The van der Waals surface area contributed by atoms with Gasteiger partial charge in [-0.25, -0.2) is 9.59 Å². The zero-order valence-corrected chi connectivity index (χ0v) is 24.5. The summed E-state index contributed by atoms with van der Waals surface area (Å²) in [6.45, 7) is 5.93. The van der Waals surface area contributed by atoms with E-state index in [1.54, 1.807) is 18.2 Å². The summed E-state index contributed by atoms with van der Waals surface area (Å²) in [6.07, 6.45) is 2.51. The van der Waals surface area contributed by atoms with E-state index >= 15 is 0 Å². The number of benzene rings is 2. The molecule has 0 aliphatic heterocycles. The molecule has 3 aromatic rings. The lowest BCUT2D eigenvalue weighted by molar-refractivity contribution is -0.127. The number of amides is 3. The summed E-state index contributed by atoms with van der Waals surface area (Å²) in [7, 11) is 0. The number of nitrogens with two attached hydrogens (primary N) is 1. The van der Waals surface area contributed by atoms with Gasteiger partial charge >= 0.3 is 11.8 Å². The number of nitrogens with one attached hydrogen (secondary N) is 3. The van der Waals surface area contributed by atoms with Crippen LogP contribution in [0.5, 0.6) is 0 Å². The summed E-state index contributed by atoms with van der Waals surface area (Å²) >= 11 is 3.42. The number of ether oxygens (including phenoxy) is 1. The molecule has 1 aromatic heterocycles. The molecule has 0 radical (unpaired) electrons. The standard InChI is InChI=1S/C29H36BrN5O5/c1-29(2,3)40-28(39)32-16-18-4-8-19(9-5-18)26(37)35(21-12-13-22-23(15-21)34-27(38)33-22)24(25(31)36)14-17-6-10-20(30)11-7-17/h6-7,10-13,15,18-19,24H,4-5,8-9,14,16H2,1-3H3,(H2,31,36)(H,32,39)(H2,33,34,38)/t18-,19-,24-/m0/s1. The first kappa shape index (κ1) is 29.4. The predicted octanol–water partition coefficient (Wildman–Crippen LogP) is 4.38. The van der Waals surface area contributed by atoms with Crippen molar-refractivity contribution in [1.82, 2.24) is 15.3 Å². The summed E-state index contributed by atoms with van der Waals surface area (Å²) in [5, 5.41) is 2.83. The van der Waals surface area contributed by atoms with Gasteiger partial charge in [0.25, 0.3) is 0 Å². The number of rotatable bonds is 8. The van der Waals surface area contributed by atoms with Gasteiger partial charge in [-0.05, 0) is 88.3 Å². The lowest BCUT2D eigenvalue weighted by atomic mass is 9.81. The quantitative estimate of drug-likeness (QED) is 0.297. The van der Waals surface area contributed by atoms with Crippen LogP contribution in [0.1, 0.15) is 52.0 Å². The van der Waals surface area contributed by atoms with E-state index in [1.165, 1.54) is 4.90 Å². The fourth-order valence-corrected chi connectivity index (χ4v) is 5.41. The highest BCUT2D eigenvalue weighted by Crippen LogP contribution is 2.33. The maximum Gasteiger partial charge on any atom is 0.407 e. The van der Waals surface area contributed by atoms with Crippen molar-refractivity contribution in [2.45, 2.75) is 64.5 Å². The van der Waals surface area contributed by atoms with Gasteiger partial charge in [0.2, 0.25) is 11.8 Å². The average Bonchev–Trinajstić information content (AvgIpc) is 3.26. The second-order valence-electron chi connectivity index (χ2n) is 11.4. The number of halogens is 1. The third-order valence-corrected chi connectivity index (χ3v) is 7.66. The highest BCUT2D eigenvalue weighted by Gasteiger charge is 2.36. The SMILES string of the molecule is CC(C)(C)OC(=O)NC[C@H]1CC[C@H](C(=O)N(c2ccc3[nH]c(=O)[nH]c3c2)[C@@H](Cc2ccc(Br)cc2)C(N)=O)CC1. The van der Waals surface area contributed by atoms with E-state index in [2.05, 4.69) is 31.2 Å². The average molecular weight is 615 g/mol. The monoisotopic (exact) mass is 613 g/mol. The van der Waals surface area contributed by atoms with Crippen LogP contribution in [0.3, 0.4) is 0 Å². The predicted molar refractivity (Wildman–Crippen MR) is 157 cm³/mol. The minimum Gasteiger partial charge on any atom is -0.444 e. The van der Waals surface area contributed by atoms with Gasteiger partial charge in [0.15, 0.2) is 0 Å². The van der Waals surface area contributed by atoms with E-state index in [9.17, 15) is 19.2 Å². The number of aromatic amines is 2. The molecule has 10 nitrogen and oxygen atoms in total. The number of fused-ring (bicyclic) bond motifs is 1. The van der Waals surface area contributed by atoms with Crippen molar-refractivity contribution in [1.29, 1.82) is 0 Å². The van der Waals surface area contributed by atoms with Gasteiger partial charge in [0, 0.05) is 29.0 Å².